The molecule has 0 aliphatic carbocycles. The molecule has 1 aromatic rings. The van der Waals surface area contributed by atoms with Crippen molar-refractivity contribution in [2.24, 2.45) is 0 Å². The van der Waals surface area contributed by atoms with Crippen molar-refractivity contribution in [3.8, 4) is 0 Å². The third-order valence-electron chi connectivity index (χ3n) is 2.90. The molecule has 0 saturated heterocycles. The van der Waals surface area contributed by atoms with E-state index in [2.05, 4.69) is 6.07 Å². The lowest BCUT2D eigenvalue weighted by molar-refractivity contribution is -0.137. The lowest BCUT2D eigenvalue weighted by Crippen LogP contribution is -2.32. The van der Waals surface area contributed by atoms with Gasteiger partial charge < -0.3 is 0 Å². The molecule has 0 radical (unpaired) electrons. The van der Waals surface area contributed by atoms with Gasteiger partial charge in [0.05, 0.1) is 0 Å². The Kier molecular flexibility index (Phi) is 3.09. The molecule has 0 N–H and O–H groups in total. The Morgan fingerprint density at radius 2 is 1.94 bits per heavy atom. The summed E-state index contributed by atoms with van der Waals surface area (Å²) in [5.74, 6) is -0.359. The third kappa shape index (κ3) is 2.44. The average molecular weight is 229 g/mol. The van der Waals surface area contributed by atoms with Crippen molar-refractivity contribution in [1.82, 2.24) is 4.90 Å². The van der Waals surface area contributed by atoms with Crippen LogP contribution in [0.3, 0.4) is 0 Å². The second-order valence-electron chi connectivity index (χ2n) is 4.36. The van der Waals surface area contributed by atoms with Gasteiger partial charge in [0.25, 0.3) is 11.8 Å². The first-order chi connectivity index (χ1) is 8.08. The molecule has 2 rings (SSSR count). The summed E-state index contributed by atoms with van der Waals surface area (Å²) in [6, 6.07) is 8.10. The maximum atomic E-state index is 11.6. The zero-order valence-electron chi connectivity index (χ0n) is 10.1. The maximum Gasteiger partial charge on any atom is 0.256 e. The Morgan fingerprint density at radius 1 is 1.18 bits per heavy atom. The molecule has 0 atom stereocenters. The molecule has 1 aliphatic heterocycles. The van der Waals surface area contributed by atoms with Crippen molar-refractivity contribution < 1.29 is 9.59 Å². The van der Waals surface area contributed by atoms with Crippen molar-refractivity contribution >= 4 is 11.8 Å². The summed E-state index contributed by atoms with van der Waals surface area (Å²) >= 11 is 0. The van der Waals surface area contributed by atoms with E-state index in [0.29, 0.717) is 18.5 Å². The normalized spacial score (nSPS) is 15.4. The van der Waals surface area contributed by atoms with Gasteiger partial charge in [-0.15, -0.1) is 0 Å². The molecule has 88 valence electrons. The topological polar surface area (TPSA) is 37.4 Å². The van der Waals surface area contributed by atoms with Gasteiger partial charge in [-0.1, -0.05) is 29.8 Å². The fourth-order valence-corrected chi connectivity index (χ4v) is 1.96. The third-order valence-corrected chi connectivity index (χ3v) is 2.90. The van der Waals surface area contributed by atoms with Crippen LogP contribution in [0.4, 0.5) is 0 Å². The van der Waals surface area contributed by atoms with Crippen LogP contribution in [0.1, 0.15) is 18.1 Å². The summed E-state index contributed by atoms with van der Waals surface area (Å²) in [6.07, 6.45) is 2.11. The molecular formula is C14H15NO2. The number of hydrogen-bond acceptors (Lipinski definition) is 2. The summed E-state index contributed by atoms with van der Waals surface area (Å²) in [5, 5.41) is 0. The van der Waals surface area contributed by atoms with Crippen molar-refractivity contribution in [2.45, 2.75) is 20.3 Å². The van der Waals surface area contributed by atoms with Gasteiger partial charge in [-0.05, 0) is 25.8 Å². The number of benzene rings is 1. The summed E-state index contributed by atoms with van der Waals surface area (Å²) in [5.41, 5.74) is 2.87. The molecule has 17 heavy (non-hydrogen) atoms. The van der Waals surface area contributed by atoms with Crippen LogP contribution >= 0.6 is 0 Å². The summed E-state index contributed by atoms with van der Waals surface area (Å²) in [4.78, 5) is 24.5. The van der Waals surface area contributed by atoms with Crippen molar-refractivity contribution in [2.75, 3.05) is 6.54 Å². The number of aryl methyl sites for hydroxylation is 1. The summed E-state index contributed by atoms with van der Waals surface area (Å²) in [6.45, 7) is 4.16. The SMILES string of the molecule is CC1=CC(=O)N(CCc2cccc(C)c2)C1=O. The first kappa shape index (κ1) is 11.6. The molecular weight excluding hydrogens is 214 g/mol. The highest BCUT2D eigenvalue weighted by atomic mass is 16.2. The van der Waals surface area contributed by atoms with Crippen LogP contribution in [0.25, 0.3) is 0 Å². The highest BCUT2D eigenvalue weighted by molar-refractivity contribution is 6.15. The second kappa shape index (κ2) is 4.53. The summed E-state index contributed by atoms with van der Waals surface area (Å²) in [7, 11) is 0. The molecule has 0 aromatic heterocycles. The smallest absolute Gasteiger partial charge is 0.256 e. The molecule has 1 heterocycles. The number of nitrogens with zero attached hydrogens (tertiary/aromatic N) is 1. The largest absolute Gasteiger partial charge is 0.275 e. The monoisotopic (exact) mass is 229 g/mol. The zero-order valence-corrected chi connectivity index (χ0v) is 10.1. The lowest BCUT2D eigenvalue weighted by atomic mass is 10.1. The van der Waals surface area contributed by atoms with Crippen LogP contribution in [0.2, 0.25) is 0 Å². The molecule has 3 heteroatoms. The highest BCUT2D eigenvalue weighted by Gasteiger charge is 2.27. The minimum atomic E-state index is -0.194. The van der Waals surface area contributed by atoms with E-state index >= 15 is 0 Å². The van der Waals surface area contributed by atoms with Gasteiger partial charge in [0, 0.05) is 18.2 Å². The van der Waals surface area contributed by atoms with E-state index in [1.165, 1.54) is 16.5 Å². The van der Waals surface area contributed by atoms with E-state index in [-0.39, 0.29) is 11.8 Å². The zero-order chi connectivity index (χ0) is 12.4. The van der Waals surface area contributed by atoms with E-state index in [0.717, 1.165) is 5.56 Å². The van der Waals surface area contributed by atoms with Crippen LogP contribution in [-0.4, -0.2) is 23.3 Å². The van der Waals surface area contributed by atoms with Crippen molar-refractivity contribution in [3.05, 3.63) is 47.0 Å². The van der Waals surface area contributed by atoms with E-state index in [4.69, 9.17) is 0 Å². The molecule has 2 amide bonds. The van der Waals surface area contributed by atoms with E-state index in [1.54, 1.807) is 6.92 Å². The first-order valence-electron chi connectivity index (χ1n) is 5.67. The maximum absolute atomic E-state index is 11.6. The van der Waals surface area contributed by atoms with Gasteiger partial charge >= 0.3 is 0 Å². The Morgan fingerprint density at radius 3 is 2.53 bits per heavy atom. The van der Waals surface area contributed by atoms with Crippen LogP contribution in [0.15, 0.2) is 35.9 Å². The summed E-state index contributed by atoms with van der Waals surface area (Å²) < 4.78 is 0. The van der Waals surface area contributed by atoms with Crippen molar-refractivity contribution in [1.29, 1.82) is 0 Å². The van der Waals surface area contributed by atoms with E-state index in [1.807, 2.05) is 25.1 Å². The van der Waals surface area contributed by atoms with Gasteiger partial charge in [-0.2, -0.15) is 0 Å². The quantitative estimate of drug-likeness (QED) is 0.742. The standard InChI is InChI=1S/C14H15NO2/c1-10-4-3-5-12(8-10)6-7-15-13(16)9-11(2)14(15)17/h3-5,8-9H,6-7H2,1-2H3. The number of imide groups is 1. The fraction of sp³-hybridized carbons (Fsp3) is 0.286. The Balaban J connectivity index is 2.00. The van der Waals surface area contributed by atoms with Crippen molar-refractivity contribution in [3.63, 3.8) is 0 Å². The molecule has 0 bridgehead atoms. The van der Waals surface area contributed by atoms with Gasteiger partial charge in [0.1, 0.15) is 0 Å². The second-order valence-corrected chi connectivity index (χ2v) is 4.36. The number of hydrogen-bond donors (Lipinski definition) is 0. The van der Waals surface area contributed by atoms with Crippen LogP contribution < -0.4 is 0 Å². The Labute approximate surface area is 101 Å². The molecule has 3 nitrogen and oxygen atoms in total. The Bertz CT molecular complexity index is 503. The minimum absolute atomic E-state index is 0.164. The van der Waals surface area contributed by atoms with Gasteiger partial charge in [0.15, 0.2) is 0 Å². The van der Waals surface area contributed by atoms with Gasteiger partial charge in [-0.25, -0.2) is 0 Å². The van der Waals surface area contributed by atoms with Crippen LogP contribution in [0.5, 0.6) is 0 Å². The predicted octanol–water partition coefficient (Wildman–Crippen LogP) is 1.85. The predicted molar refractivity (Wildman–Crippen MR) is 65.4 cm³/mol. The molecule has 1 aromatic carbocycles. The number of carbonyl (C=O) groups excluding carboxylic acids is 2. The van der Waals surface area contributed by atoms with E-state index in [9.17, 15) is 9.59 Å². The molecule has 0 spiro atoms. The van der Waals surface area contributed by atoms with Gasteiger partial charge in [0.2, 0.25) is 0 Å². The number of amides is 2. The average Bonchev–Trinajstić information content (AvgIpc) is 2.51. The number of rotatable bonds is 3. The molecule has 1 aliphatic rings. The molecule has 0 saturated carbocycles. The van der Waals surface area contributed by atoms with Crippen LogP contribution in [-0.2, 0) is 16.0 Å². The minimum Gasteiger partial charge on any atom is -0.275 e. The lowest BCUT2D eigenvalue weighted by Gasteiger charge is -2.14. The molecule has 0 unspecified atom stereocenters. The Hall–Kier alpha value is -1.90. The number of carbonyl (C=O) groups is 2. The first-order valence-corrected chi connectivity index (χ1v) is 5.67. The van der Waals surface area contributed by atoms with Gasteiger partial charge in [-0.3, -0.25) is 14.5 Å². The van der Waals surface area contributed by atoms with Crippen LogP contribution in [0, 0.1) is 6.92 Å². The van der Waals surface area contributed by atoms with E-state index < -0.39 is 0 Å². The fourth-order valence-electron chi connectivity index (χ4n) is 1.96. The highest BCUT2D eigenvalue weighted by Crippen LogP contribution is 2.13. The molecule has 0 fully saturated rings.